The number of fused-ring (bicyclic) bond motifs is 5. The van der Waals surface area contributed by atoms with Gasteiger partial charge in [0.05, 0.1) is 5.71 Å². The van der Waals surface area contributed by atoms with E-state index in [1.807, 2.05) is 30.3 Å². The van der Waals surface area contributed by atoms with Crippen LogP contribution in [0, 0.1) is 34.5 Å². The van der Waals surface area contributed by atoms with Gasteiger partial charge >= 0.3 is 5.97 Å². The molecule has 1 aromatic rings. The number of allylic oxidation sites excluding steroid dienone is 2. The molecule has 0 heterocycles. The Kier molecular flexibility index (Phi) is 7.71. The summed E-state index contributed by atoms with van der Waals surface area (Å²) in [6.07, 6.45) is 11.0. The highest BCUT2D eigenvalue weighted by Gasteiger charge is 2.59. The van der Waals surface area contributed by atoms with Crippen molar-refractivity contribution in [1.82, 2.24) is 5.32 Å². The lowest BCUT2D eigenvalue weighted by Crippen LogP contribution is -2.51. The maximum atomic E-state index is 12.4. The molecule has 0 saturated heterocycles. The summed E-state index contributed by atoms with van der Waals surface area (Å²) in [6, 6.07) is 8.21. The van der Waals surface area contributed by atoms with Gasteiger partial charge in [0, 0.05) is 12.3 Å². The minimum absolute atomic E-state index is 0.154. The summed E-state index contributed by atoms with van der Waals surface area (Å²) in [4.78, 5) is 41.8. The number of benzene rings is 1. The summed E-state index contributed by atoms with van der Waals surface area (Å²) in [5.41, 5.74) is 3.46. The highest BCUT2D eigenvalue weighted by atomic mass is 16.6. The molecule has 0 aliphatic heterocycles. The first kappa shape index (κ1) is 27.6. The number of carboxylic acids is 1. The molecule has 7 heteroatoms. The molecule has 4 aliphatic carbocycles. The van der Waals surface area contributed by atoms with Gasteiger partial charge in [-0.2, -0.15) is 0 Å². The standard InChI is InChI=1S/C32H42N2O5/c1-20(35)25-11-12-26-24-10-9-22-18-23(13-15-31(22,2)27(24)14-16-32(25,26)3)34-39-19-29(36)33-28(30(37)38)17-21-7-5-4-6-8-21/h4-8,18,24-28H,9-17,19H2,1-3H3,(H,33,36)(H,37,38). The Balaban J connectivity index is 1.19. The van der Waals surface area contributed by atoms with E-state index in [4.69, 9.17) is 4.84 Å². The smallest absolute Gasteiger partial charge is 0.326 e. The fourth-order valence-electron chi connectivity index (χ4n) is 8.77. The predicted molar refractivity (Wildman–Crippen MR) is 149 cm³/mol. The molecule has 3 fully saturated rings. The zero-order valence-electron chi connectivity index (χ0n) is 23.4. The van der Waals surface area contributed by atoms with Crippen molar-refractivity contribution in [2.45, 2.75) is 84.6 Å². The second-order valence-corrected chi connectivity index (χ2v) is 12.8. The molecule has 0 spiro atoms. The van der Waals surface area contributed by atoms with Crippen LogP contribution in [-0.4, -0.2) is 41.1 Å². The minimum Gasteiger partial charge on any atom is -0.480 e. The minimum atomic E-state index is -1.08. The lowest BCUT2D eigenvalue weighted by atomic mass is 9.46. The molecule has 7 nitrogen and oxygen atoms in total. The number of carbonyl (C=O) groups excluding carboxylic acids is 2. The number of hydrogen-bond donors (Lipinski definition) is 2. The van der Waals surface area contributed by atoms with Gasteiger partial charge in [0.15, 0.2) is 6.61 Å². The molecule has 1 aromatic carbocycles. The van der Waals surface area contributed by atoms with E-state index in [9.17, 15) is 19.5 Å². The highest BCUT2D eigenvalue weighted by molar-refractivity contribution is 5.96. The Bertz CT molecular complexity index is 1180. The van der Waals surface area contributed by atoms with Crippen LogP contribution >= 0.6 is 0 Å². The number of amides is 1. The number of ketones is 1. The number of rotatable bonds is 8. The van der Waals surface area contributed by atoms with Crippen molar-refractivity contribution in [3.8, 4) is 0 Å². The Morgan fingerprint density at radius 2 is 1.82 bits per heavy atom. The monoisotopic (exact) mass is 534 g/mol. The molecule has 5 rings (SSSR count). The van der Waals surface area contributed by atoms with Crippen LogP contribution in [0.5, 0.6) is 0 Å². The SMILES string of the molecule is CC(=O)C1CCC2C3CCC4=CC(=NOCC(=O)NC(Cc5ccccc5)C(=O)O)CCC4(C)C3CCC12C. The number of nitrogens with zero attached hydrogens (tertiary/aromatic N) is 1. The first-order valence-corrected chi connectivity index (χ1v) is 14.6. The van der Waals surface area contributed by atoms with Crippen molar-refractivity contribution < 1.29 is 24.3 Å². The molecule has 0 bridgehead atoms. The molecule has 7 atom stereocenters. The van der Waals surface area contributed by atoms with Crippen LogP contribution in [0.2, 0.25) is 0 Å². The van der Waals surface area contributed by atoms with Gasteiger partial charge in [-0.25, -0.2) is 4.79 Å². The number of Topliss-reactive ketones (excluding diaryl/α,β-unsaturated/α-hetero) is 1. The number of carboxylic acid groups (broad SMARTS) is 1. The van der Waals surface area contributed by atoms with Crippen LogP contribution in [0.15, 0.2) is 47.1 Å². The van der Waals surface area contributed by atoms with E-state index in [0.29, 0.717) is 23.5 Å². The van der Waals surface area contributed by atoms with E-state index in [1.54, 1.807) is 6.92 Å². The Morgan fingerprint density at radius 3 is 2.54 bits per heavy atom. The molecule has 7 unspecified atom stereocenters. The number of aliphatic carboxylic acids is 1. The lowest BCUT2D eigenvalue weighted by Gasteiger charge is -2.58. The van der Waals surface area contributed by atoms with E-state index >= 15 is 0 Å². The van der Waals surface area contributed by atoms with Crippen molar-refractivity contribution >= 4 is 23.4 Å². The highest BCUT2D eigenvalue weighted by Crippen LogP contribution is 2.66. The van der Waals surface area contributed by atoms with Crippen molar-refractivity contribution in [1.29, 1.82) is 0 Å². The van der Waals surface area contributed by atoms with Gasteiger partial charge in [-0.3, -0.25) is 9.59 Å². The van der Waals surface area contributed by atoms with Crippen molar-refractivity contribution in [2.24, 2.45) is 39.7 Å². The van der Waals surface area contributed by atoms with Crippen molar-refractivity contribution in [2.75, 3.05) is 6.61 Å². The maximum absolute atomic E-state index is 12.4. The Morgan fingerprint density at radius 1 is 1.05 bits per heavy atom. The average molecular weight is 535 g/mol. The van der Waals surface area contributed by atoms with E-state index in [1.165, 1.54) is 24.8 Å². The second-order valence-electron chi connectivity index (χ2n) is 12.8. The van der Waals surface area contributed by atoms with Crippen LogP contribution in [-0.2, 0) is 25.6 Å². The summed E-state index contributed by atoms with van der Waals surface area (Å²) in [6.45, 7) is 6.29. The van der Waals surface area contributed by atoms with Gasteiger partial charge in [0.25, 0.3) is 5.91 Å². The van der Waals surface area contributed by atoms with Crippen LogP contribution in [0.4, 0.5) is 0 Å². The molecule has 2 N–H and O–H groups in total. The van der Waals surface area contributed by atoms with Gasteiger partial charge in [-0.15, -0.1) is 0 Å². The summed E-state index contributed by atoms with van der Waals surface area (Å²) in [7, 11) is 0. The van der Waals surface area contributed by atoms with E-state index in [-0.39, 0.29) is 29.8 Å². The van der Waals surface area contributed by atoms with Gasteiger partial charge in [0.1, 0.15) is 11.8 Å². The van der Waals surface area contributed by atoms with Gasteiger partial charge in [-0.05, 0) is 98.5 Å². The largest absolute Gasteiger partial charge is 0.480 e. The van der Waals surface area contributed by atoms with Crippen LogP contribution < -0.4 is 5.32 Å². The lowest BCUT2D eigenvalue weighted by molar-refractivity contribution is -0.142. The Labute approximate surface area is 231 Å². The zero-order valence-corrected chi connectivity index (χ0v) is 23.4. The molecular weight excluding hydrogens is 492 g/mol. The summed E-state index contributed by atoms with van der Waals surface area (Å²) >= 11 is 0. The first-order chi connectivity index (χ1) is 18.6. The fourth-order valence-corrected chi connectivity index (χ4v) is 8.77. The number of nitrogens with one attached hydrogen (secondary N) is 1. The summed E-state index contributed by atoms with van der Waals surface area (Å²) in [5, 5.41) is 16.3. The normalized spacial score (nSPS) is 35.2. The maximum Gasteiger partial charge on any atom is 0.326 e. The fraction of sp³-hybridized carbons (Fsp3) is 0.625. The van der Waals surface area contributed by atoms with Crippen LogP contribution in [0.3, 0.4) is 0 Å². The number of carbonyl (C=O) groups is 3. The molecule has 39 heavy (non-hydrogen) atoms. The zero-order chi connectivity index (χ0) is 27.8. The molecule has 0 aromatic heterocycles. The Hall–Kier alpha value is -2.96. The van der Waals surface area contributed by atoms with E-state index < -0.39 is 17.9 Å². The predicted octanol–water partition coefficient (Wildman–Crippen LogP) is 5.34. The molecule has 210 valence electrons. The molecular formula is C32H42N2O5. The summed E-state index contributed by atoms with van der Waals surface area (Å²) < 4.78 is 0. The quantitative estimate of drug-likeness (QED) is 0.438. The van der Waals surface area contributed by atoms with E-state index in [2.05, 4.69) is 30.4 Å². The van der Waals surface area contributed by atoms with Crippen molar-refractivity contribution in [3.05, 3.63) is 47.5 Å². The van der Waals surface area contributed by atoms with Gasteiger partial charge < -0.3 is 15.3 Å². The van der Waals surface area contributed by atoms with Crippen LogP contribution in [0.1, 0.15) is 77.7 Å². The molecule has 4 aliphatic rings. The second kappa shape index (κ2) is 10.9. The van der Waals surface area contributed by atoms with Gasteiger partial charge in [-0.1, -0.05) is 54.9 Å². The topological polar surface area (TPSA) is 105 Å². The molecule has 1 amide bonds. The molecule has 3 saturated carbocycles. The van der Waals surface area contributed by atoms with E-state index in [0.717, 1.165) is 43.4 Å². The molecule has 0 radical (unpaired) electrons. The number of oxime groups is 1. The summed E-state index contributed by atoms with van der Waals surface area (Å²) in [5.74, 6) is 1.01. The van der Waals surface area contributed by atoms with Crippen molar-refractivity contribution in [3.63, 3.8) is 0 Å². The first-order valence-electron chi connectivity index (χ1n) is 14.6. The third kappa shape index (κ3) is 5.29. The third-order valence-corrected chi connectivity index (χ3v) is 10.8. The number of hydrogen-bond acceptors (Lipinski definition) is 5. The average Bonchev–Trinajstić information content (AvgIpc) is 3.26. The van der Waals surface area contributed by atoms with Crippen LogP contribution in [0.25, 0.3) is 0 Å². The third-order valence-electron chi connectivity index (χ3n) is 10.8. The van der Waals surface area contributed by atoms with Gasteiger partial charge in [0.2, 0.25) is 0 Å².